The molecular weight excluding hydrogens is 419 g/mol. The molecule has 0 saturated heterocycles. The number of nitrogens with zero attached hydrogens (tertiary/aromatic N) is 2. The summed E-state index contributed by atoms with van der Waals surface area (Å²) in [5.41, 5.74) is 0.767. The molecule has 1 aromatic heterocycles. The normalized spacial score (nSPS) is 12.4. The lowest BCUT2D eigenvalue weighted by Crippen LogP contribution is -2.30. The van der Waals surface area contributed by atoms with Gasteiger partial charge in [0.2, 0.25) is 0 Å². The number of halogens is 3. The van der Waals surface area contributed by atoms with Crippen LogP contribution in [0.3, 0.4) is 0 Å². The van der Waals surface area contributed by atoms with E-state index in [0.29, 0.717) is 10.5 Å². The van der Waals surface area contributed by atoms with Crippen LogP contribution in [0.4, 0.5) is 18.9 Å². The van der Waals surface area contributed by atoms with Gasteiger partial charge in [0.05, 0.1) is 28.5 Å². The van der Waals surface area contributed by atoms with Gasteiger partial charge in [-0.25, -0.2) is 4.98 Å². The van der Waals surface area contributed by atoms with E-state index in [4.69, 9.17) is 4.74 Å². The SMILES string of the molecule is CC(OC(=O)CSc1cnc2ccccc2n1)C(=O)Nc1ccc(C(F)(F)F)cc1. The van der Waals surface area contributed by atoms with Crippen LogP contribution in [0.5, 0.6) is 0 Å². The number of nitrogens with one attached hydrogen (secondary N) is 1. The van der Waals surface area contributed by atoms with Gasteiger partial charge in [-0.05, 0) is 43.3 Å². The number of carbonyl (C=O) groups excluding carboxylic acids is 2. The predicted molar refractivity (Wildman–Crippen MR) is 106 cm³/mol. The molecule has 1 atom stereocenters. The number of alkyl halides is 3. The number of ether oxygens (including phenoxy) is 1. The molecule has 0 aliphatic rings. The van der Waals surface area contributed by atoms with Gasteiger partial charge in [-0.15, -0.1) is 0 Å². The van der Waals surface area contributed by atoms with E-state index < -0.39 is 29.7 Å². The lowest BCUT2D eigenvalue weighted by atomic mass is 10.2. The fraction of sp³-hybridized carbons (Fsp3) is 0.200. The van der Waals surface area contributed by atoms with Gasteiger partial charge < -0.3 is 10.1 Å². The summed E-state index contributed by atoms with van der Waals surface area (Å²) >= 11 is 1.12. The Labute approximate surface area is 173 Å². The molecule has 156 valence electrons. The molecule has 0 fully saturated rings. The van der Waals surface area contributed by atoms with Crippen molar-refractivity contribution >= 4 is 40.4 Å². The van der Waals surface area contributed by atoms with Crippen molar-refractivity contribution in [1.29, 1.82) is 0 Å². The number of rotatable bonds is 6. The zero-order valence-corrected chi connectivity index (χ0v) is 16.5. The van der Waals surface area contributed by atoms with Crippen molar-refractivity contribution in [1.82, 2.24) is 9.97 Å². The number of hydrogen-bond acceptors (Lipinski definition) is 6. The quantitative estimate of drug-likeness (QED) is 0.459. The minimum atomic E-state index is -4.46. The number of esters is 1. The topological polar surface area (TPSA) is 81.2 Å². The predicted octanol–water partition coefficient (Wildman–Crippen LogP) is 4.31. The summed E-state index contributed by atoms with van der Waals surface area (Å²) in [6.45, 7) is 1.37. The van der Waals surface area contributed by atoms with Crippen LogP contribution in [0, 0.1) is 0 Å². The molecular formula is C20H16F3N3O3S. The molecule has 3 rings (SSSR count). The van der Waals surface area contributed by atoms with Crippen LogP contribution in [-0.2, 0) is 20.5 Å². The summed E-state index contributed by atoms with van der Waals surface area (Å²) in [6.07, 6.45) is -4.04. The van der Waals surface area contributed by atoms with Crippen molar-refractivity contribution in [3.8, 4) is 0 Å². The number of fused-ring (bicyclic) bond motifs is 1. The highest BCUT2D eigenvalue weighted by molar-refractivity contribution is 7.99. The van der Waals surface area contributed by atoms with Crippen LogP contribution in [-0.4, -0.2) is 33.7 Å². The van der Waals surface area contributed by atoms with E-state index in [2.05, 4.69) is 15.3 Å². The van der Waals surface area contributed by atoms with E-state index in [9.17, 15) is 22.8 Å². The summed E-state index contributed by atoms with van der Waals surface area (Å²) < 4.78 is 42.8. The Morgan fingerprint density at radius 2 is 1.77 bits per heavy atom. The molecule has 1 heterocycles. The number of benzene rings is 2. The molecule has 10 heteroatoms. The van der Waals surface area contributed by atoms with Crippen LogP contribution in [0.25, 0.3) is 11.0 Å². The summed E-state index contributed by atoms with van der Waals surface area (Å²) in [6, 6.07) is 11.3. The van der Waals surface area contributed by atoms with Crippen LogP contribution < -0.4 is 5.32 Å². The molecule has 2 aromatic carbocycles. The summed E-state index contributed by atoms with van der Waals surface area (Å²) in [5.74, 6) is -1.37. The summed E-state index contributed by atoms with van der Waals surface area (Å²) in [5, 5.41) is 2.94. The first-order valence-electron chi connectivity index (χ1n) is 8.74. The van der Waals surface area contributed by atoms with Crippen molar-refractivity contribution in [2.24, 2.45) is 0 Å². The van der Waals surface area contributed by atoms with Gasteiger partial charge in [0.25, 0.3) is 5.91 Å². The van der Waals surface area contributed by atoms with Crippen LogP contribution in [0.2, 0.25) is 0 Å². The maximum absolute atomic E-state index is 12.6. The summed E-state index contributed by atoms with van der Waals surface area (Å²) in [4.78, 5) is 32.7. The number of aromatic nitrogens is 2. The first-order chi connectivity index (χ1) is 14.2. The van der Waals surface area contributed by atoms with Gasteiger partial charge in [0.15, 0.2) is 6.10 Å². The Morgan fingerprint density at radius 3 is 2.43 bits per heavy atom. The second-order valence-electron chi connectivity index (χ2n) is 6.18. The molecule has 0 radical (unpaired) electrons. The number of anilines is 1. The largest absolute Gasteiger partial charge is 0.452 e. The minimum absolute atomic E-state index is 0.0785. The fourth-order valence-corrected chi connectivity index (χ4v) is 3.04. The number of para-hydroxylation sites is 2. The number of hydrogen-bond donors (Lipinski definition) is 1. The molecule has 0 bridgehead atoms. The van der Waals surface area contributed by atoms with Crippen molar-refractivity contribution in [2.75, 3.05) is 11.1 Å². The molecule has 1 N–H and O–H groups in total. The third-order valence-corrected chi connectivity index (χ3v) is 4.79. The molecule has 30 heavy (non-hydrogen) atoms. The Bertz CT molecular complexity index is 1060. The standard InChI is InChI=1S/C20H16F3N3O3S/c1-12(19(28)25-14-8-6-13(7-9-14)20(21,22)23)29-18(27)11-30-17-10-24-15-4-2-3-5-16(15)26-17/h2-10,12H,11H2,1H3,(H,25,28). The van der Waals surface area contributed by atoms with E-state index in [-0.39, 0.29) is 11.4 Å². The van der Waals surface area contributed by atoms with Crippen molar-refractivity contribution < 1.29 is 27.5 Å². The van der Waals surface area contributed by atoms with E-state index in [1.54, 1.807) is 12.3 Å². The van der Waals surface area contributed by atoms with Crippen LogP contribution in [0.15, 0.2) is 59.8 Å². The highest BCUT2D eigenvalue weighted by Crippen LogP contribution is 2.29. The third-order valence-electron chi connectivity index (χ3n) is 3.92. The second kappa shape index (κ2) is 9.12. The van der Waals surface area contributed by atoms with Gasteiger partial charge in [-0.1, -0.05) is 23.9 Å². The molecule has 0 aliphatic carbocycles. The van der Waals surface area contributed by atoms with Crippen molar-refractivity contribution in [3.63, 3.8) is 0 Å². The lowest BCUT2D eigenvalue weighted by Gasteiger charge is -2.14. The Morgan fingerprint density at radius 1 is 1.10 bits per heavy atom. The van der Waals surface area contributed by atoms with Crippen molar-refractivity contribution in [3.05, 3.63) is 60.3 Å². The number of thioether (sulfide) groups is 1. The summed E-state index contributed by atoms with van der Waals surface area (Å²) in [7, 11) is 0. The van der Waals surface area contributed by atoms with E-state index in [1.165, 1.54) is 6.92 Å². The smallest absolute Gasteiger partial charge is 0.416 e. The second-order valence-corrected chi connectivity index (χ2v) is 7.18. The van der Waals surface area contributed by atoms with Gasteiger partial charge in [-0.2, -0.15) is 13.2 Å². The zero-order valence-electron chi connectivity index (χ0n) is 15.6. The Kier molecular flexibility index (Phi) is 6.56. The third kappa shape index (κ3) is 5.69. The fourth-order valence-electron chi connectivity index (χ4n) is 2.41. The number of carbonyl (C=O) groups is 2. The number of amides is 1. The van der Waals surface area contributed by atoms with Gasteiger partial charge in [-0.3, -0.25) is 14.6 Å². The monoisotopic (exact) mass is 435 g/mol. The average molecular weight is 435 g/mol. The highest BCUT2D eigenvalue weighted by Gasteiger charge is 2.30. The molecule has 0 saturated carbocycles. The molecule has 3 aromatic rings. The minimum Gasteiger partial charge on any atom is -0.452 e. The van der Waals surface area contributed by atoms with Gasteiger partial charge >= 0.3 is 12.1 Å². The van der Waals surface area contributed by atoms with Crippen LogP contribution in [0.1, 0.15) is 12.5 Å². The zero-order chi connectivity index (χ0) is 21.7. The first-order valence-corrected chi connectivity index (χ1v) is 9.73. The molecule has 1 unspecified atom stereocenters. The highest BCUT2D eigenvalue weighted by atomic mass is 32.2. The van der Waals surface area contributed by atoms with E-state index in [0.717, 1.165) is 41.5 Å². The Balaban J connectivity index is 1.49. The van der Waals surface area contributed by atoms with Gasteiger partial charge in [0, 0.05) is 5.69 Å². The molecule has 1 amide bonds. The van der Waals surface area contributed by atoms with Crippen LogP contribution >= 0.6 is 11.8 Å². The maximum atomic E-state index is 12.6. The first kappa shape index (κ1) is 21.6. The average Bonchev–Trinajstić information content (AvgIpc) is 2.71. The molecule has 0 aliphatic heterocycles. The van der Waals surface area contributed by atoms with E-state index in [1.807, 2.05) is 18.2 Å². The Hall–Kier alpha value is -3.14. The molecule has 6 nitrogen and oxygen atoms in total. The van der Waals surface area contributed by atoms with Crippen molar-refractivity contribution in [2.45, 2.75) is 24.2 Å². The van der Waals surface area contributed by atoms with E-state index >= 15 is 0 Å². The maximum Gasteiger partial charge on any atom is 0.416 e. The molecule has 0 spiro atoms. The lowest BCUT2D eigenvalue weighted by molar-refractivity contribution is -0.150. The van der Waals surface area contributed by atoms with Gasteiger partial charge in [0.1, 0.15) is 5.03 Å².